The molecule has 0 aromatic rings. The van der Waals surface area contributed by atoms with Crippen LogP contribution in [-0.4, -0.2) is 36.6 Å². The van der Waals surface area contributed by atoms with Gasteiger partial charge in [0.2, 0.25) is 0 Å². The van der Waals surface area contributed by atoms with Gasteiger partial charge >= 0.3 is 0 Å². The van der Waals surface area contributed by atoms with Gasteiger partial charge in [0, 0.05) is 31.7 Å². The predicted octanol–water partition coefficient (Wildman–Crippen LogP) is 3.28. The first-order chi connectivity index (χ1) is 9.31. The topological polar surface area (TPSA) is 15.3 Å². The zero-order valence-corrected chi connectivity index (χ0v) is 12.9. The van der Waals surface area contributed by atoms with Crippen LogP contribution in [0.1, 0.15) is 58.8 Å². The van der Waals surface area contributed by atoms with Crippen LogP contribution < -0.4 is 5.32 Å². The average molecular weight is 264 g/mol. The molecule has 0 radical (unpaired) electrons. The summed E-state index contributed by atoms with van der Waals surface area (Å²) in [7, 11) is 0. The maximum absolute atomic E-state index is 3.77. The Kier molecular flexibility index (Phi) is 4.48. The largest absolute Gasteiger partial charge is 0.311 e. The molecule has 2 aliphatic carbocycles. The van der Waals surface area contributed by atoms with Crippen LogP contribution in [0.3, 0.4) is 0 Å². The van der Waals surface area contributed by atoms with Gasteiger partial charge in [-0.05, 0) is 56.3 Å². The summed E-state index contributed by atoms with van der Waals surface area (Å²) in [6.07, 6.45) is 10.1. The third kappa shape index (κ3) is 3.52. The number of piperazine rings is 1. The Hall–Kier alpha value is -0.0800. The van der Waals surface area contributed by atoms with Crippen LogP contribution >= 0.6 is 0 Å². The third-order valence-corrected chi connectivity index (χ3v) is 5.62. The van der Waals surface area contributed by atoms with Crippen molar-refractivity contribution in [3.8, 4) is 0 Å². The Morgan fingerprint density at radius 3 is 2.32 bits per heavy atom. The molecule has 1 heterocycles. The third-order valence-electron chi connectivity index (χ3n) is 5.62. The Balaban J connectivity index is 1.58. The van der Waals surface area contributed by atoms with Crippen LogP contribution in [0.5, 0.6) is 0 Å². The van der Waals surface area contributed by atoms with Crippen molar-refractivity contribution in [1.82, 2.24) is 10.2 Å². The van der Waals surface area contributed by atoms with Crippen molar-refractivity contribution in [3.05, 3.63) is 0 Å². The molecule has 1 saturated heterocycles. The monoisotopic (exact) mass is 264 g/mol. The molecule has 1 N–H and O–H groups in total. The summed E-state index contributed by atoms with van der Waals surface area (Å²) in [5.74, 6) is 3.25. The van der Waals surface area contributed by atoms with Gasteiger partial charge in [0.25, 0.3) is 0 Å². The van der Waals surface area contributed by atoms with Gasteiger partial charge in [-0.3, -0.25) is 4.90 Å². The van der Waals surface area contributed by atoms with Crippen LogP contribution in [-0.2, 0) is 0 Å². The fraction of sp³-hybridized carbons (Fsp3) is 1.00. The molecule has 19 heavy (non-hydrogen) atoms. The molecule has 2 saturated carbocycles. The van der Waals surface area contributed by atoms with E-state index in [0.29, 0.717) is 0 Å². The molecule has 110 valence electrons. The standard InChI is InChI=1S/C17H32N2/c1-3-5-15-11-19(16(4-2)10-18-15)12-17(13-6-7-13)14-8-9-14/h13-18H,3-12H2,1-2H3. The molecule has 0 spiro atoms. The Labute approximate surface area is 119 Å². The van der Waals surface area contributed by atoms with Crippen molar-refractivity contribution in [2.45, 2.75) is 70.9 Å². The summed E-state index contributed by atoms with van der Waals surface area (Å²) in [6.45, 7) is 8.62. The molecule has 2 atom stereocenters. The highest BCUT2D eigenvalue weighted by molar-refractivity contribution is 4.95. The van der Waals surface area contributed by atoms with Gasteiger partial charge in [-0.1, -0.05) is 20.3 Å². The van der Waals surface area contributed by atoms with E-state index in [2.05, 4.69) is 24.1 Å². The minimum Gasteiger partial charge on any atom is -0.311 e. The molecule has 1 aliphatic heterocycles. The summed E-state index contributed by atoms with van der Waals surface area (Å²) in [5, 5.41) is 3.77. The Morgan fingerprint density at radius 1 is 1.11 bits per heavy atom. The van der Waals surface area contributed by atoms with Crippen LogP contribution in [0.2, 0.25) is 0 Å². The minimum absolute atomic E-state index is 0.756. The molecule has 0 bridgehead atoms. The number of hydrogen-bond acceptors (Lipinski definition) is 2. The van der Waals surface area contributed by atoms with Crippen molar-refractivity contribution >= 4 is 0 Å². The summed E-state index contributed by atoms with van der Waals surface area (Å²) in [4.78, 5) is 2.86. The molecular formula is C17H32N2. The molecule has 3 fully saturated rings. The van der Waals surface area contributed by atoms with Crippen LogP contribution in [0, 0.1) is 17.8 Å². The maximum Gasteiger partial charge on any atom is 0.0218 e. The fourth-order valence-electron chi connectivity index (χ4n) is 4.10. The highest BCUT2D eigenvalue weighted by atomic mass is 15.2. The van der Waals surface area contributed by atoms with Crippen molar-refractivity contribution in [2.75, 3.05) is 19.6 Å². The van der Waals surface area contributed by atoms with Gasteiger partial charge in [0.1, 0.15) is 0 Å². The first-order valence-corrected chi connectivity index (χ1v) is 8.79. The van der Waals surface area contributed by atoms with Gasteiger partial charge in [-0.15, -0.1) is 0 Å². The second kappa shape index (κ2) is 6.13. The fourth-order valence-corrected chi connectivity index (χ4v) is 4.10. The van der Waals surface area contributed by atoms with E-state index in [0.717, 1.165) is 29.8 Å². The van der Waals surface area contributed by atoms with Gasteiger partial charge in [0.05, 0.1) is 0 Å². The van der Waals surface area contributed by atoms with Gasteiger partial charge in [-0.2, -0.15) is 0 Å². The quantitative estimate of drug-likeness (QED) is 0.759. The van der Waals surface area contributed by atoms with Crippen molar-refractivity contribution in [1.29, 1.82) is 0 Å². The summed E-state index contributed by atoms with van der Waals surface area (Å²) in [5.41, 5.74) is 0. The zero-order valence-electron chi connectivity index (χ0n) is 12.9. The molecule has 0 amide bonds. The molecule has 3 rings (SSSR count). The predicted molar refractivity (Wildman–Crippen MR) is 81.3 cm³/mol. The van der Waals surface area contributed by atoms with E-state index in [9.17, 15) is 0 Å². The first-order valence-electron chi connectivity index (χ1n) is 8.79. The van der Waals surface area contributed by atoms with Crippen LogP contribution in [0.15, 0.2) is 0 Å². The zero-order chi connectivity index (χ0) is 13.2. The second-order valence-electron chi connectivity index (χ2n) is 7.25. The van der Waals surface area contributed by atoms with E-state index in [1.54, 1.807) is 0 Å². The van der Waals surface area contributed by atoms with Gasteiger partial charge < -0.3 is 5.32 Å². The molecule has 2 heteroatoms. The van der Waals surface area contributed by atoms with Crippen LogP contribution in [0.25, 0.3) is 0 Å². The number of nitrogens with zero attached hydrogens (tertiary/aromatic N) is 1. The lowest BCUT2D eigenvalue weighted by Gasteiger charge is -2.42. The first kappa shape index (κ1) is 13.9. The van der Waals surface area contributed by atoms with E-state index in [1.165, 1.54) is 64.6 Å². The normalized spacial score (nSPS) is 33.0. The maximum atomic E-state index is 3.77. The van der Waals surface area contributed by atoms with Crippen molar-refractivity contribution in [2.24, 2.45) is 17.8 Å². The number of nitrogens with one attached hydrogen (secondary N) is 1. The van der Waals surface area contributed by atoms with E-state index in [-0.39, 0.29) is 0 Å². The van der Waals surface area contributed by atoms with Gasteiger partial charge in [0.15, 0.2) is 0 Å². The lowest BCUT2D eigenvalue weighted by atomic mass is 9.94. The molecule has 0 aromatic carbocycles. The Morgan fingerprint density at radius 2 is 1.79 bits per heavy atom. The highest BCUT2D eigenvalue weighted by Crippen LogP contribution is 2.49. The molecule has 2 nitrogen and oxygen atoms in total. The van der Waals surface area contributed by atoms with E-state index < -0.39 is 0 Å². The molecule has 3 aliphatic rings. The van der Waals surface area contributed by atoms with E-state index in [4.69, 9.17) is 0 Å². The lowest BCUT2D eigenvalue weighted by Crippen LogP contribution is -2.57. The lowest BCUT2D eigenvalue weighted by molar-refractivity contribution is 0.0933. The highest BCUT2D eigenvalue weighted by Gasteiger charge is 2.43. The second-order valence-corrected chi connectivity index (χ2v) is 7.25. The number of hydrogen-bond donors (Lipinski definition) is 1. The average Bonchev–Trinajstić information content (AvgIpc) is 3.29. The molecule has 0 aromatic heterocycles. The van der Waals surface area contributed by atoms with Crippen molar-refractivity contribution < 1.29 is 0 Å². The Bertz CT molecular complexity index is 271. The summed E-state index contributed by atoms with van der Waals surface area (Å²) >= 11 is 0. The number of rotatable bonds is 7. The molecular weight excluding hydrogens is 232 g/mol. The minimum atomic E-state index is 0.756. The smallest absolute Gasteiger partial charge is 0.0218 e. The van der Waals surface area contributed by atoms with Crippen molar-refractivity contribution in [3.63, 3.8) is 0 Å². The summed E-state index contributed by atoms with van der Waals surface area (Å²) < 4.78 is 0. The summed E-state index contributed by atoms with van der Waals surface area (Å²) in [6, 6.07) is 1.56. The molecule has 2 unspecified atom stereocenters. The van der Waals surface area contributed by atoms with E-state index >= 15 is 0 Å². The van der Waals surface area contributed by atoms with Crippen LogP contribution in [0.4, 0.5) is 0 Å². The van der Waals surface area contributed by atoms with E-state index in [1.807, 2.05) is 0 Å². The van der Waals surface area contributed by atoms with Gasteiger partial charge in [-0.25, -0.2) is 0 Å². The SMILES string of the molecule is CCCC1CN(CC(C2CC2)C2CC2)C(CC)CN1.